The van der Waals surface area contributed by atoms with Crippen molar-refractivity contribution in [3.8, 4) is 5.75 Å². The van der Waals surface area contributed by atoms with E-state index >= 15 is 0 Å². The number of hydrogen-bond donors (Lipinski definition) is 2. The molecule has 2 N–H and O–H groups in total. The first-order valence-electron chi connectivity index (χ1n) is 7.61. The van der Waals surface area contributed by atoms with Crippen LogP contribution in [0.15, 0.2) is 54.6 Å². The van der Waals surface area contributed by atoms with Crippen LogP contribution in [0.1, 0.15) is 5.56 Å². The average Bonchev–Trinajstić information content (AvgIpc) is 2.55. The van der Waals surface area contributed by atoms with Crippen LogP contribution in [0.4, 0.5) is 0 Å². The Morgan fingerprint density at radius 2 is 1.74 bits per heavy atom. The second-order valence-corrected chi connectivity index (χ2v) is 5.75. The molecule has 0 aliphatic heterocycles. The molecule has 5 heteroatoms. The van der Waals surface area contributed by atoms with Gasteiger partial charge in [0, 0.05) is 19.6 Å². The molecule has 0 aromatic heterocycles. The molecule has 1 unspecified atom stereocenters. The fraction of sp³-hybridized carbons (Fsp3) is 0.333. The van der Waals surface area contributed by atoms with Crippen molar-refractivity contribution in [2.75, 3.05) is 26.3 Å². The SMILES string of the molecule is OCCN(Cc1ccccc1)CC(O)COc1ccccc1Cl. The van der Waals surface area contributed by atoms with Crippen molar-refractivity contribution in [1.82, 2.24) is 4.90 Å². The van der Waals surface area contributed by atoms with Gasteiger partial charge in [0.05, 0.1) is 11.6 Å². The fourth-order valence-electron chi connectivity index (χ4n) is 2.32. The second-order valence-electron chi connectivity index (χ2n) is 5.34. The number of aliphatic hydroxyl groups excluding tert-OH is 2. The van der Waals surface area contributed by atoms with Crippen molar-refractivity contribution in [3.63, 3.8) is 0 Å². The van der Waals surface area contributed by atoms with Gasteiger partial charge in [-0.2, -0.15) is 0 Å². The molecule has 0 spiro atoms. The number of ether oxygens (including phenoxy) is 1. The molecule has 0 aliphatic carbocycles. The Morgan fingerprint density at radius 3 is 2.43 bits per heavy atom. The first-order valence-corrected chi connectivity index (χ1v) is 7.99. The Morgan fingerprint density at radius 1 is 1.04 bits per heavy atom. The van der Waals surface area contributed by atoms with Crippen molar-refractivity contribution in [2.45, 2.75) is 12.6 Å². The van der Waals surface area contributed by atoms with Gasteiger partial charge in [0.2, 0.25) is 0 Å². The van der Waals surface area contributed by atoms with Crippen molar-refractivity contribution in [3.05, 3.63) is 65.2 Å². The van der Waals surface area contributed by atoms with E-state index in [0.29, 0.717) is 30.4 Å². The van der Waals surface area contributed by atoms with Gasteiger partial charge >= 0.3 is 0 Å². The maximum absolute atomic E-state index is 10.2. The van der Waals surface area contributed by atoms with E-state index in [-0.39, 0.29) is 13.2 Å². The molecule has 23 heavy (non-hydrogen) atoms. The van der Waals surface area contributed by atoms with Gasteiger partial charge < -0.3 is 14.9 Å². The van der Waals surface area contributed by atoms with E-state index in [1.807, 2.05) is 47.4 Å². The van der Waals surface area contributed by atoms with Crippen LogP contribution >= 0.6 is 11.6 Å². The van der Waals surface area contributed by atoms with E-state index in [1.165, 1.54) is 0 Å². The molecule has 1 atom stereocenters. The molecule has 0 amide bonds. The molecule has 2 rings (SSSR count). The van der Waals surface area contributed by atoms with E-state index in [9.17, 15) is 10.2 Å². The summed E-state index contributed by atoms with van der Waals surface area (Å²) in [4.78, 5) is 2.00. The molecule has 0 radical (unpaired) electrons. The minimum Gasteiger partial charge on any atom is -0.489 e. The highest BCUT2D eigenvalue weighted by molar-refractivity contribution is 6.32. The van der Waals surface area contributed by atoms with Gasteiger partial charge in [-0.15, -0.1) is 0 Å². The minimum absolute atomic E-state index is 0.0466. The molecule has 0 fully saturated rings. The van der Waals surface area contributed by atoms with Gasteiger partial charge in [0.15, 0.2) is 0 Å². The minimum atomic E-state index is -0.665. The summed E-state index contributed by atoms with van der Waals surface area (Å²) in [6.07, 6.45) is -0.665. The maximum Gasteiger partial charge on any atom is 0.138 e. The first kappa shape index (κ1) is 17.8. The number of para-hydroxylation sites is 1. The third-order valence-corrected chi connectivity index (χ3v) is 3.71. The second kappa shape index (κ2) is 9.53. The molecule has 124 valence electrons. The van der Waals surface area contributed by atoms with Crippen molar-refractivity contribution < 1.29 is 14.9 Å². The maximum atomic E-state index is 10.2. The molecule has 2 aromatic carbocycles. The summed E-state index contributed by atoms with van der Waals surface area (Å²) in [5.74, 6) is 0.560. The smallest absolute Gasteiger partial charge is 0.138 e. The van der Waals surface area contributed by atoms with E-state index < -0.39 is 6.10 Å². The summed E-state index contributed by atoms with van der Waals surface area (Å²) >= 11 is 6.02. The van der Waals surface area contributed by atoms with Gasteiger partial charge in [0.1, 0.15) is 18.5 Å². The number of benzene rings is 2. The van der Waals surface area contributed by atoms with Crippen molar-refractivity contribution in [1.29, 1.82) is 0 Å². The Hall–Kier alpha value is -1.59. The summed E-state index contributed by atoms with van der Waals surface area (Å²) in [7, 11) is 0. The lowest BCUT2D eigenvalue weighted by atomic mass is 10.2. The summed E-state index contributed by atoms with van der Waals surface area (Å²) in [6, 6.07) is 17.1. The lowest BCUT2D eigenvalue weighted by Crippen LogP contribution is -2.37. The summed E-state index contributed by atoms with van der Waals surface area (Å²) in [5, 5.41) is 19.9. The number of aliphatic hydroxyl groups is 2. The molecular weight excluding hydrogens is 314 g/mol. The zero-order valence-corrected chi connectivity index (χ0v) is 13.7. The number of halogens is 1. The molecule has 0 saturated carbocycles. The molecule has 2 aromatic rings. The summed E-state index contributed by atoms with van der Waals surface area (Å²) in [5.41, 5.74) is 1.14. The number of rotatable bonds is 9. The van der Waals surface area contributed by atoms with Crippen LogP contribution in [0.5, 0.6) is 5.75 Å². The fourth-order valence-corrected chi connectivity index (χ4v) is 2.51. The number of nitrogens with zero attached hydrogens (tertiary/aromatic N) is 1. The third-order valence-electron chi connectivity index (χ3n) is 3.40. The lowest BCUT2D eigenvalue weighted by molar-refractivity contribution is 0.0590. The van der Waals surface area contributed by atoms with Crippen molar-refractivity contribution >= 4 is 11.6 Å². The van der Waals surface area contributed by atoms with Crippen LogP contribution in [0.3, 0.4) is 0 Å². The molecule has 0 bridgehead atoms. The zero-order chi connectivity index (χ0) is 16.5. The topological polar surface area (TPSA) is 52.9 Å². The first-order chi connectivity index (χ1) is 11.2. The van der Waals surface area contributed by atoms with Gasteiger partial charge in [-0.05, 0) is 17.7 Å². The van der Waals surface area contributed by atoms with E-state index in [1.54, 1.807) is 12.1 Å². The van der Waals surface area contributed by atoms with Crippen LogP contribution in [0, 0.1) is 0 Å². The Bertz CT molecular complexity index is 579. The highest BCUT2D eigenvalue weighted by atomic mass is 35.5. The summed E-state index contributed by atoms with van der Waals surface area (Å²) in [6.45, 7) is 1.79. The molecule has 4 nitrogen and oxygen atoms in total. The highest BCUT2D eigenvalue weighted by Gasteiger charge is 2.13. The predicted octanol–water partition coefficient (Wildman–Crippen LogP) is 2.57. The van der Waals surface area contributed by atoms with E-state index in [2.05, 4.69) is 0 Å². The lowest BCUT2D eigenvalue weighted by Gasteiger charge is -2.24. The normalized spacial score (nSPS) is 12.3. The van der Waals surface area contributed by atoms with Crippen LogP contribution in [0.2, 0.25) is 5.02 Å². The van der Waals surface area contributed by atoms with Crippen LogP contribution in [0.25, 0.3) is 0 Å². The van der Waals surface area contributed by atoms with Gasteiger partial charge in [-0.3, -0.25) is 4.90 Å². The van der Waals surface area contributed by atoms with E-state index in [4.69, 9.17) is 16.3 Å². The highest BCUT2D eigenvalue weighted by Crippen LogP contribution is 2.23. The van der Waals surface area contributed by atoms with Gasteiger partial charge in [-0.1, -0.05) is 54.1 Å². The zero-order valence-electron chi connectivity index (χ0n) is 12.9. The summed E-state index contributed by atoms with van der Waals surface area (Å²) < 4.78 is 5.56. The molecule has 0 aliphatic rings. The van der Waals surface area contributed by atoms with Crippen LogP contribution in [-0.4, -0.2) is 47.5 Å². The monoisotopic (exact) mass is 335 g/mol. The Kier molecular flexibility index (Phi) is 7.36. The van der Waals surface area contributed by atoms with Gasteiger partial charge in [-0.25, -0.2) is 0 Å². The van der Waals surface area contributed by atoms with Crippen molar-refractivity contribution in [2.24, 2.45) is 0 Å². The van der Waals surface area contributed by atoms with Crippen LogP contribution < -0.4 is 4.74 Å². The van der Waals surface area contributed by atoms with Gasteiger partial charge in [0.25, 0.3) is 0 Å². The average molecular weight is 336 g/mol. The Balaban J connectivity index is 1.85. The third kappa shape index (κ3) is 6.20. The Labute approximate surface area is 141 Å². The van der Waals surface area contributed by atoms with Crippen LogP contribution in [-0.2, 0) is 6.54 Å². The van der Waals surface area contributed by atoms with E-state index in [0.717, 1.165) is 5.56 Å². The largest absolute Gasteiger partial charge is 0.489 e. The molecular formula is C18H22ClNO3. The molecule has 0 saturated heterocycles. The number of hydrogen-bond acceptors (Lipinski definition) is 4. The molecule has 0 heterocycles. The quantitative estimate of drug-likeness (QED) is 0.739. The predicted molar refractivity (Wildman–Crippen MR) is 91.8 cm³/mol. The standard InChI is InChI=1S/C18H22ClNO3/c19-17-8-4-5-9-18(17)23-14-16(22)13-20(10-11-21)12-15-6-2-1-3-7-15/h1-9,16,21-22H,10-14H2.